The van der Waals surface area contributed by atoms with Crippen molar-refractivity contribution in [1.82, 2.24) is 20.4 Å². The summed E-state index contributed by atoms with van der Waals surface area (Å²) in [4.78, 5) is 27.5. The lowest BCUT2D eigenvalue weighted by Crippen LogP contribution is -2.38. The first-order chi connectivity index (χ1) is 16.1. The highest BCUT2D eigenvalue weighted by Crippen LogP contribution is 2.23. The average molecular weight is 449 g/mol. The third-order valence-electron chi connectivity index (χ3n) is 5.89. The molecule has 1 aliphatic rings. The fraction of sp³-hybridized carbons (Fsp3) is 0.320. The van der Waals surface area contributed by atoms with Crippen molar-refractivity contribution in [2.24, 2.45) is 0 Å². The van der Waals surface area contributed by atoms with Crippen molar-refractivity contribution in [1.29, 1.82) is 0 Å². The van der Waals surface area contributed by atoms with E-state index in [1.54, 1.807) is 19.1 Å². The fourth-order valence-corrected chi connectivity index (χ4v) is 4.02. The molecular formula is C25H28N4O4. The summed E-state index contributed by atoms with van der Waals surface area (Å²) in [5, 5.41) is 10.2. The van der Waals surface area contributed by atoms with Crippen molar-refractivity contribution in [2.75, 3.05) is 27.3 Å². The van der Waals surface area contributed by atoms with Crippen LogP contribution < -0.4 is 14.8 Å². The second-order valence-corrected chi connectivity index (χ2v) is 7.94. The van der Waals surface area contributed by atoms with E-state index in [2.05, 4.69) is 15.5 Å². The maximum absolute atomic E-state index is 13.0. The van der Waals surface area contributed by atoms with Crippen molar-refractivity contribution < 1.29 is 19.1 Å². The van der Waals surface area contributed by atoms with E-state index in [1.165, 1.54) is 0 Å². The van der Waals surface area contributed by atoms with E-state index in [0.29, 0.717) is 43.9 Å². The van der Waals surface area contributed by atoms with Crippen LogP contribution in [0.2, 0.25) is 0 Å². The van der Waals surface area contributed by atoms with Gasteiger partial charge >= 0.3 is 0 Å². The molecule has 172 valence electrons. The molecule has 2 heterocycles. The summed E-state index contributed by atoms with van der Waals surface area (Å²) in [7, 11) is 3.23. The number of carbonyl (C=O) groups excluding carboxylic acids is 2. The SMILES string of the molecule is COc1ccc(CCNC(=O)c2n[nH]c3c2CN(C(=O)Cc2ccccc2OC)CC3)cc1. The third kappa shape index (κ3) is 5.16. The summed E-state index contributed by atoms with van der Waals surface area (Å²) >= 11 is 0. The minimum absolute atomic E-state index is 0.00258. The maximum atomic E-state index is 13.0. The minimum atomic E-state index is -0.236. The van der Waals surface area contributed by atoms with Crippen LogP contribution in [0.4, 0.5) is 0 Å². The average Bonchev–Trinajstić information content (AvgIpc) is 3.28. The first kappa shape index (κ1) is 22.4. The van der Waals surface area contributed by atoms with Gasteiger partial charge in [-0.25, -0.2) is 0 Å². The molecule has 0 radical (unpaired) electrons. The normalized spacial score (nSPS) is 12.7. The molecule has 33 heavy (non-hydrogen) atoms. The van der Waals surface area contributed by atoms with Gasteiger partial charge in [-0.3, -0.25) is 14.7 Å². The molecule has 3 aromatic rings. The number of nitrogens with one attached hydrogen (secondary N) is 2. The molecule has 0 bridgehead atoms. The zero-order valence-electron chi connectivity index (χ0n) is 18.9. The zero-order valence-corrected chi connectivity index (χ0v) is 18.9. The highest BCUT2D eigenvalue weighted by Gasteiger charge is 2.28. The van der Waals surface area contributed by atoms with Gasteiger partial charge < -0.3 is 19.7 Å². The number of fused-ring (bicyclic) bond motifs is 1. The third-order valence-corrected chi connectivity index (χ3v) is 5.89. The molecule has 0 saturated heterocycles. The molecule has 2 N–H and O–H groups in total. The van der Waals surface area contributed by atoms with Crippen LogP contribution in [0.15, 0.2) is 48.5 Å². The Hall–Kier alpha value is -3.81. The van der Waals surface area contributed by atoms with E-state index < -0.39 is 0 Å². The second kappa shape index (κ2) is 10.2. The standard InChI is InChI=1S/C25H28N4O4/c1-32-19-9-7-17(8-10-19)11-13-26-25(31)24-20-16-29(14-12-21(20)27-28-24)23(30)15-18-5-3-4-6-22(18)33-2/h3-10H,11-16H2,1-2H3,(H,26,31)(H,27,28). The number of carbonyl (C=O) groups is 2. The molecule has 8 nitrogen and oxygen atoms in total. The van der Waals surface area contributed by atoms with E-state index in [9.17, 15) is 9.59 Å². The van der Waals surface area contributed by atoms with Crippen LogP contribution in [0, 0.1) is 0 Å². The zero-order chi connectivity index (χ0) is 23.2. The number of amides is 2. The van der Waals surface area contributed by atoms with Crippen LogP contribution in [0.5, 0.6) is 11.5 Å². The molecular weight excluding hydrogens is 420 g/mol. The van der Waals surface area contributed by atoms with Crippen LogP contribution >= 0.6 is 0 Å². The summed E-state index contributed by atoms with van der Waals surface area (Å²) < 4.78 is 10.5. The lowest BCUT2D eigenvalue weighted by atomic mass is 10.0. The van der Waals surface area contributed by atoms with Gasteiger partial charge in [0.15, 0.2) is 5.69 Å². The number of hydrogen-bond donors (Lipinski definition) is 2. The Kier molecular flexibility index (Phi) is 6.92. The topological polar surface area (TPSA) is 96.5 Å². The molecule has 0 atom stereocenters. The molecule has 0 fully saturated rings. The number of para-hydroxylation sites is 1. The predicted octanol–water partition coefficient (Wildman–Crippen LogP) is 2.53. The lowest BCUT2D eigenvalue weighted by Gasteiger charge is -2.27. The smallest absolute Gasteiger partial charge is 0.272 e. The number of hydrogen-bond acceptors (Lipinski definition) is 5. The predicted molar refractivity (Wildman–Crippen MR) is 123 cm³/mol. The Morgan fingerprint density at radius 2 is 1.88 bits per heavy atom. The number of H-pyrrole nitrogens is 1. The molecule has 2 amide bonds. The molecule has 1 aliphatic heterocycles. The highest BCUT2D eigenvalue weighted by atomic mass is 16.5. The first-order valence-corrected chi connectivity index (χ1v) is 11.0. The van der Waals surface area contributed by atoms with Gasteiger partial charge in [-0.2, -0.15) is 5.10 Å². The molecule has 0 unspecified atom stereocenters. The summed E-state index contributed by atoms with van der Waals surface area (Å²) in [5.41, 5.74) is 4.01. The van der Waals surface area contributed by atoms with Gasteiger partial charge in [0.1, 0.15) is 11.5 Å². The van der Waals surface area contributed by atoms with E-state index in [-0.39, 0.29) is 18.2 Å². The molecule has 0 spiro atoms. The molecule has 0 saturated carbocycles. The van der Waals surface area contributed by atoms with Gasteiger partial charge in [0.25, 0.3) is 5.91 Å². The van der Waals surface area contributed by atoms with Gasteiger partial charge in [0, 0.05) is 42.9 Å². The van der Waals surface area contributed by atoms with Crippen LogP contribution in [-0.2, 0) is 30.6 Å². The Morgan fingerprint density at radius 1 is 1.09 bits per heavy atom. The van der Waals surface area contributed by atoms with Gasteiger partial charge in [-0.05, 0) is 30.2 Å². The van der Waals surface area contributed by atoms with Crippen LogP contribution in [0.25, 0.3) is 0 Å². The largest absolute Gasteiger partial charge is 0.497 e. The highest BCUT2D eigenvalue weighted by molar-refractivity contribution is 5.94. The van der Waals surface area contributed by atoms with Gasteiger partial charge in [-0.15, -0.1) is 0 Å². The lowest BCUT2D eigenvalue weighted by molar-refractivity contribution is -0.131. The Bertz CT molecular complexity index is 1120. The van der Waals surface area contributed by atoms with Crippen molar-refractivity contribution in [3.63, 3.8) is 0 Å². The molecule has 0 aliphatic carbocycles. The van der Waals surface area contributed by atoms with Crippen LogP contribution in [0.1, 0.15) is 32.9 Å². The Balaban J connectivity index is 1.36. The van der Waals surface area contributed by atoms with Crippen molar-refractivity contribution in [2.45, 2.75) is 25.8 Å². The van der Waals surface area contributed by atoms with Crippen molar-refractivity contribution in [3.05, 3.63) is 76.6 Å². The summed E-state index contributed by atoms with van der Waals surface area (Å²) in [5.74, 6) is 1.26. The quantitative estimate of drug-likeness (QED) is 0.552. The van der Waals surface area contributed by atoms with Crippen molar-refractivity contribution >= 4 is 11.8 Å². The van der Waals surface area contributed by atoms with Crippen molar-refractivity contribution in [3.8, 4) is 11.5 Å². The van der Waals surface area contributed by atoms with Crippen LogP contribution in [0.3, 0.4) is 0 Å². The molecule has 8 heteroatoms. The number of aromatic nitrogens is 2. The maximum Gasteiger partial charge on any atom is 0.272 e. The van der Waals surface area contributed by atoms with E-state index in [0.717, 1.165) is 28.1 Å². The monoisotopic (exact) mass is 448 g/mol. The number of benzene rings is 2. The molecule has 1 aromatic heterocycles. The van der Waals surface area contributed by atoms with E-state index in [4.69, 9.17) is 9.47 Å². The fourth-order valence-electron chi connectivity index (χ4n) is 4.02. The Morgan fingerprint density at radius 3 is 2.64 bits per heavy atom. The van der Waals surface area contributed by atoms with Gasteiger partial charge in [0.05, 0.1) is 20.6 Å². The summed E-state index contributed by atoms with van der Waals surface area (Å²) in [6.45, 7) is 1.44. The number of rotatable bonds is 8. The van der Waals surface area contributed by atoms with Crippen LogP contribution in [-0.4, -0.2) is 54.2 Å². The van der Waals surface area contributed by atoms with Gasteiger partial charge in [-0.1, -0.05) is 30.3 Å². The molecule has 4 rings (SSSR count). The first-order valence-electron chi connectivity index (χ1n) is 11.0. The van der Waals surface area contributed by atoms with E-state index in [1.807, 2.05) is 48.5 Å². The number of ether oxygens (including phenoxy) is 2. The number of nitrogens with zero attached hydrogens (tertiary/aromatic N) is 2. The van der Waals surface area contributed by atoms with Gasteiger partial charge in [0.2, 0.25) is 5.91 Å². The molecule has 2 aromatic carbocycles. The number of aromatic amines is 1. The summed E-state index contributed by atoms with van der Waals surface area (Å²) in [6.07, 6.45) is 1.59. The van der Waals surface area contributed by atoms with E-state index >= 15 is 0 Å². The Labute approximate surface area is 192 Å². The second-order valence-electron chi connectivity index (χ2n) is 7.94. The summed E-state index contributed by atoms with van der Waals surface area (Å²) in [6, 6.07) is 15.3. The minimum Gasteiger partial charge on any atom is -0.497 e. The number of methoxy groups -OCH3 is 2.